The van der Waals surface area contributed by atoms with Gasteiger partial charge >= 0.3 is 5.97 Å². The van der Waals surface area contributed by atoms with Crippen molar-refractivity contribution in [2.24, 2.45) is 11.1 Å². The van der Waals surface area contributed by atoms with Gasteiger partial charge in [0.05, 0.1) is 5.41 Å². The molecule has 4 nitrogen and oxygen atoms in total. The molecule has 1 rings (SSSR count). The van der Waals surface area contributed by atoms with E-state index in [1.54, 1.807) is 13.8 Å². The lowest BCUT2D eigenvalue weighted by molar-refractivity contribution is -0.148. The summed E-state index contributed by atoms with van der Waals surface area (Å²) in [6.45, 7) is 4.16. The van der Waals surface area contributed by atoms with Crippen molar-refractivity contribution in [3.63, 3.8) is 0 Å². The van der Waals surface area contributed by atoms with Crippen LogP contribution in [0.25, 0.3) is 0 Å². The summed E-state index contributed by atoms with van der Waals surface area (Å²) in [5.74, 6) is -0.730. The highest BCUT2D eigenvalue weighted by Gasteiger charge is 2.31. The first-order valence-electron chi connectivity index (χ1n) is 6.02. The van der Waals surface area contributed by atoms with Crippen molar-refractivity contribution in [3.8, 4) is 0 Å². The minimum absolute atomic E-state index is 0.345. The first-order chi connectivity index (χ1) is 7.33. The lowest BCUT2D eigenvalue weighted by Gasteiger charge is -2.36. The van der Waals surface area contributed by atoms with Crippen molar-refractivity contribution < 1.29 is 9.90 Å². The first kappa shape index (κ1) is 13.5. The second-order valence-corrected chi connectivity index (χ2v) is 5.67. The highest BCUT2D eigenvalue weighted by molar-refractivity contribution is 5.73. The molecule has 0 aromatic heterocycles. The SMILES string of the molecule is CN(CC(C)(C)C(=O)O)C1CCC(N)CC1. The Labute approximate surface area is 97.8 Å². The number of carboxylic acid groups (broad SMARTS) is 1. The number of rotatable bonds is 4. The predicted molar refractivity (Wildman–Crippen MR) is 64.3 cm³/mol. The van der Waals surface area contributed by atoms with Crippen LogP contribution in [0.5, 0.6) is 0 Å². The number of carboxylic acids is 1. The zero-order valence-electron chi connectivity index (χ0n) is 10.6. The molecule has 0 radical (unpaired) electrons. The molecule has 1 saturated carbocycles. The molecule has 0 atom stereocenters. The summed E-state index contributed by atoms with van der Waals surface area (Å²) in [6.07, 6.45) is 4.30. The van der Waals surface area contributed by atoms with Crippen LogP contribution >= 0.6 is 0 Å². The summed E-state index contributed by atoms with van der Waals surface area (Å²) in [4.78, 5) is 13.2. The number of aliphatic carboxylic acids is 1. The fraction of sp³-hybridized carbons (Fsp3) is 0.917. The van der Waals surface area contributed by atoms with Crippen LogP contribution in [0.2, 0.25) is 0 Å². The maximum absolute atomic E-state index is 11.0. The highest BCUT2D eigenvalue weighted by Crippen LogP contribution is 2.24. The van der Waals surface area contributed by atoms with Crippen molar-refractivity contribution in [2.45, 2.75) is 51.6 Å². The minimum Gasteiger partial charge on any atom is -0.481 e. The molecule has 0 spiro atoms. The van der Waals surface area contributed by atoms with Crippen molar-refractivity contribution >= 4 is 5.97 Å². The molecule has 16 heavy (non-hydrogen) atoms. The summed E-state index contributed by atoms with van der Waals surface area (Å²) >= 11 is 0. The summed E-state index contributed by atoms with van der Waals surface area (Å²) in [6, 6.07) is 0.843. The average Bonchev–Trinajstić information content (AvgIpc) is 2.17. The Morgan fingerprint density at radius 3 is 2.31 bits per heavy atom. The summed E-state index contributed by atoms with van der Waals surface area (Å²) in [5.41, 5.74) is 5.19. The quantitative estimate of drug-likeness (QED) is 0.761. The highest BCUT2D eigenvalue weighted by atomic mass is 16.4. The van der Waals surface area contributed by atoms with Gasteiger partial charge in [0.15, 0.2) is 0 Å². The molecule has 94 valence electrons. The molecule has 1 aliphatic carbocycles. The smallest absolute Gasteiger partial charge is 0.310 e. The van der Waals surface area contributed by atoms with Gasteiger partial charge in [0.25, 0.3) is 0 Å². The van der Waals surface area contributed by atoms with Crippen LogP contribution in [-0.2, 0) is 4.79 Å². The fourth-order valence-electron chi connectivity index (χ4n) is 2.36. The lowest BCUT2D eigenvalue weighted by Crippen LogP contribution is -2.44. The zero-order chi connectivity index (χ0) is 12.3. The normalized spacial score (nSPS) is 27.1. The lowest BCUT2D eigenvalue weighted by atomic mass is 9.88. The third-order valence-electron chi connectivity index (χ3n) is 3.59. The van der Waals surface area contributed by atoms with E-state index in [0.717, 1.165) is 25.7 Å². The predicted octanol–water partition coefficient (Wildman–Crippen LogP) is 1.30. The molecular formula is C12H24N2O2. The van der Waals surface area contributed by atoms with Gasteiger partial charge in [0, 0.05) is 18.6 Å². The Balaban J connectivity index is 2.46. The fourth-order valence-corrected chi connectivity index (χ4v) is 2.36. The third-order valence-corrected chi connectivity index (χ3v) is 3.59. The first-order valence-corrected chi connectivity index (χ1v) is 6.02. The largest absolute Gasteiger partial charge is 0.481 e. The number of nitrogens with two attached hydrogens (primary N) is 1. The van der Waals surface area contributed by atoms with E-state index < -0.39 is 11.4 Å². The molecule has 1 aliphatic rings. The second-order valence-electron chi connectivity index (χ2n) is 5.67. The van der Waals surface area contributed by atoms with Crippen LogP contribution in [-0.4, -0.2) is 41.7 Å². The van der Waals surface area contributed by atoms with Crippen LogP contribution in [0.1, 0.15) is 39.5 Å². The Hall–Kier alpha value is -0.610. The molecule has 0 unspecified atom stereocenters. The summed E-state index contributed by atoms with van der Waals surface area (Å²) in [7, 11) is 2.02. The standard InChI is InChI=1S/C12H24N2O2/c1-12(2,11(15)16)8-14(3)10-6-4-9(13)5-7-10/h9-10H,4-8,13H2,1-3H3,(H,15,16). The minimum atomic E-state index is -0.730. The Bertz CT molecular complexity index is 245. The van der Waals surface area contributed by atoms with Gasteiger partial charge in [-0.05, 0) is 46.6 Å². The zero-order valence-corrected chi connectivity index (χ0v) is 10.6. The molecule has 0 aromatic carbocycles. The third kappa shape index (κ3) is 3.46. The van der Waals surface area contributed by atoms with Crippen molar-refractivity contribution in [1.29, 1.82) is 0 Å². The summed E-state index contributed by atoms with van der Waals surface area (Å²) in [5, 5.41) is 9.08. The Morgan fingerprint density at radius 2 is 1.88 bits per heavy atom. The molecule has 1 fully saturated rings. The van der Waals surface area contributed by atoms with Gasteiger partial charge in [-0.25, -0.2) is 0 Å². The van der Waals surface area contributed by atoms with Gasteiger partial charge in [0.1, 0.15) is 0 Å². The van der Waals surface area contributed by atoms with E-state index in [9.17, 15) is 4.79 Å². The van der Waals surface area contributed by atoms with Gasteiger partial charge < -0.3 is 15.7 Å². The van der Waals surface area contributed by atoms with Gasteiger partial charge in [-0.3, -0.25) is 4.79 Å². The van der Waals surface area contributed by atoms with E-state index >= 15 is 0 Å². The molecule has 0 bridgehead atoms. The second kappa shape index (κ2) is 5.15. The monoisotopic (exact) mass is 228 g/mol. The molecule has 0 saturated heterocycles. The van der Waals surface area contributed by atoms with Crippen molar-refractivity contribution in [3.05, 3.63) is 0 Å². The van der Waals surface area contributed by atoms with Crippen LogP contribution in [0.15, 0.2) is 0 Å². The summed E-state index contributed by atoms with van der Waals surface area (Å²) < 4.78 is 0. The average molecular weight is 228 g/mol. The number of carbonyl (C=O) groups is 1. The van der Waals surface area contributed by atoms with Crippen molar-refractivity contribution in [1.82, 2.24) is 4.90 Å². The molecule has 0 amide bonds. The van der Waals surface area contributed by atoms with Gasteiger partial charge in [-0.2, -0.15) is 0 Å². The molecular weight excluding hydrogens is 204 g/mol. The van der Waals surface area contributed by atoms with E-state index in [1.165, 1.54) is 0 Å². The van der Waals surface area contributed by atoms with Crippen LogP contribution in [0.3, 0.4) is 0 Å². The van der Waals surface area contributed by atoms with E-state index in [2.05, 4.69) is 4.90 Å². The number of nitrogens with zero attached hydrogens (tertiary/aromatic N) is 1. The van der Waals surface area contributed by atoms with E-state index in [-0.39, 0.29) is 0 Å². The van der Waals surface area contributed by atoms with Crippen molar-refractivity contribution in [2.75, 3.05) is 13.6 Å². The maximum Gasteiger partial charge on any atom is 0.310 e. The van der Waals surface area contributed by atoms with E-state index in [1.807, 2.05) is 7.05 Å². The Morgan fingerprint density at radius 1 is 1.38 bits per heavy atom. The molecule has 3 N–H and O–H groups in total. The maximum atomic E-state index is 11.0. The topological polar surface area (TPSA) is 66.6 Å². The molecule has 0 aromatic rings. The molecule has 0 aliphatic heterocycles. The van der Waals surface area contributed by atoms with Gasteiger partial charge in [-0.1, -0.05) is 0 Å². The van der Waals surface area contributed by atoms with E-state index in [4.69, 9.17) is 10.8 Å². The number of hydrogen-bond donors (Lipinski definition) is 2. The van der Waals surface area contributed by atoms with Gasteiger partial charge in [-0.15, -0.1) is 0 Å². The molecule has 4 heteroatoms. The van der Waals surface area contributed by atoms with Crippen LogP contribution < -0.4 is 5.73 Å². The van der Waals surface area contributed by atoms with Gasteiger partial charge in [0.2, 0.25) is 0 Å². The van der Waals surface area contributed by atoms with Crippen LogP contribution in [0, 0.1) is 5.41 Å². The van der Waals surface area contributed by atoms with Crippen LogP contribution in [0.4, 0.5) is 0 Å². The number of hydrogen-bond acceptors (Lipinski definition) is 3. The molecule has 0 heterocycles. The van der Waals surface area contributed by atoms with E-state index in [0.29, 0.717) is 18.6 Å². The Kier molecular flexibility index (Phi) is 4.33.